The van der Waals surface area contributed by atoms with E-state index in [-0.39, 0.29) is 17.7 Å². The molecular weight excluding hydrogens is 851 g/mol. The number of hydrogen-bond acceptors (Lipinski definition) is 7. The van der Waals surface area contributed by atoms with Gasteiger partial charge in [-0.3, -0.25) is 28.9 Å². The molecule has 0 saturated carbocycles. The van der Waals surface area contributed by atoms with Gasteiger partial charge in [-0.25, -0.2) is 4.79 Å². The molecule has 0 unspecified atom stereocenters. The monoisotopic (exact) mass is 930 g/mol. The third-order valence-corrected chi connectivity index (χ3v) is 14.0. The second kappa shape index (κ2) is 23.3. The first-order valence-electron chi connectivity index (χ1n) is 25.1. The lowest BCUT2D eigenvalue weighted by Crippen LogP contribution is -2.49. The normalized spacial score (nSPS) is 15.8. The van der Waals surface area contributed by atoms with Crippen LogP contribution in [0.5, 0.6) is 0 Å². The number of nitrogens with zero attached hydrogens (tertiary/aromatic N) is 7. The number of rotatable bonds is 14. The smallest absolute Gasteiger partial charge is 0.335 e. The minimum absolute atomic E-state index is 0.000577. The van der Waals surface area contributed by atoms with Crippen molar-refractivity contribution in [1.82, 2.24) is 29.4 Å². The average molecular weight is 930 g/mol. The molecule has 68 heavy (non-hydrogen) atoms. The van der Waals surface area contributed by atoms with Crippen LogP contribution in [0.3, 0.4) is 0 Å². The number of piperazine rings is 2. The summed E-state index contributed by atoms with van der Waals surface area (Å²) in [6.45, 7) is 27.6. The van der Waals surface area contributed by atoms with Gasteiger partial charge in [-0.1, -0.05) is 71.9 Å². The molecule has 368 valence electrons. The summed E-state index contributed by atoms with van der Waals surface area (Å²) in [5.41, 5.74) is 10.4. The van der Waals surface area contributed by atoms with Crippen LogP contribution < -0.4 is 4.90 Å². The predicted octanol–water partition coefficient (Wildman–Crippen LogP) is 8.98. The van der Waals surface area contributed by atoms with E-state index >= 15 is 0 Å². The van der Waals surface area contributed by atoms with Crippen LogP contribution in [0.4, 0.5) is 5.69 Å². The number of aromatic carboxylic acids is 1. The van der Waals surface area contributed by atoms with E-state index in [0.717, 1.165) is 137 Å². The lowest BCUT2D eigenvalue weighted by molar-refractivity contribution is -0.133. The summed E-state index contributed by atoms with van der Waals surface area (Å²) in [5, 5.41) is 13.5. The molecular formula is C56H79N7O5. The molecule has 2 fully saturated rings. The number of carboxylic acid groups (broad SMARTS) is 1. The van der Waals surface area contributed by atoms with Crippen LogP contribution in [-0.4, -0.2) is 124 Å². The van der Waals surface area contributed by atoms with Crippen LogP contribution in [0.25, 0.3) is 0 Å². The van der Waals surface area contributed by atoms with Crippen molar-refractivity contribution in [2.45, 2.75) is 120 Å². The number of benzene rings is 3. The second-order valence-corrected chi connectivity index (χ2v) is 21.8. The van der Waals surface area contributed by atoms with Crippen LogP contribution in [-0.2, 0) is 42.4 Å². The number of carbonyl (C=O) groups is 4. The molecule has 7 rings (SSSR count). The van der Waals surface area contributed by atoms with Gasteiger partial charge in [-0.05, 0) is 134 Å². The Bertz CT molecular complexity index is 2360. The van der Waals surface area contributed by atoms with Crippen LogP contribution in [0.15, 0.2) is 66.9 Å². The zero-order valence-corrected chi connectivity index (χ0v) is 42.7. The van der Waals surface area contributed by atoms with Gasteiger partial charge in [0.2, 0.25) is 11.8 Å². The summed E-state index contributed by atoms with van der Waals surface area (Å²) >= 11 is 0. The molecule has 1 N–H and O–H groups in total. The maximum Gasteiger partial charge on any atom is 0.335 e. The third kappa shape index (κ3) is 14.8. The number of hydrogen-bond donors (Lipinski definition) is 1. The molecule has 4 aromatic rings. The minimum atomic E-state index is -0.901. The Morgan fingerprint density at radius 3 is 1.60 bits per heavy atom. The first-order valence-corrected chi connectivity index (χ1v) is 25.1. The molecule has 2 saturated heterocycles. The number of aryl methyl sites for hydroxylation is 5. The second-order valence-electron chi connectivity index (χ2n) is 21.8. The SMILES string of the molecule is Cc1cc(C(=O)N2Cc3cnn(C)c3Cc3ccccc32)ccc1CCCC(=O)N1CCN(CCC(C)(C)C)CC1.Cc1cc(C(=O)O)ccc1CCCC(=O)N1CCN(CCC(C)(C)C)CC1. The summed E-state index contributed by atoms with van der Waals surface area (Å²) in [4.78, 5) is 61.1. The van der Waals surface area contributed by atoms with E-state index in [1.54, 1.807) is 12.1 Å². The van der Waals surface area contributed by atoms with Crippen LogP contribution in [0, 0.1) is 24.7 Å². The molecule has 12 nitrogen and oxygen atoms in total. The summed E-state index contributed by atoms with van der Waals surface area (Å²) in [5.74, 6) is -0.396. The van der Waals surface area contributed by atoms with Crippen molar-refractivity contribution < 1.29 is 24.3 Å². The highest BCUT2D eigenvalue weighted by molar-refractivity contribution is 6.06. The van der Waals surface area contributed by atoms with E-state index in [4.69, 9.17) is 5.11 Å². The van der Waals surface area contributed by atoms with E-state index in [1.165, 1.54) is 18.4 Å². The number of carbonyl (C=O) groups excluding carboxylic acids is 3. The van der Waals surface area contributed by atoms with Gasteiger partial charge in [0.15, 0.2) is 0 Å². The number of aromatic nitrogens is 2. The molecule has 3 aliphatic rings. The number of anilines is 1. The molecule has 3 aromatic carbocycles. The lowest BCUT2D eigenvalue weighted by Gasteiger charge is -2.36. The van der Waals surface area contributed by atoms with Crippen molar-refractivity contribution in [3.63, 3.8) is 0 Å². The highest BCUT2D eigenvalue weighted by Gasteiger charge is 2.28. The van der Waals surface area contributed by atoms with Gasteiger partial charge < -0.3 is 19.8 Å². The van der Waals surface area contributed by atoms with Crippen LogP contribution in [0.2, 0.25) is 0 Å². The number of amides is 3. The van der Waals surface area contributed by atoms with Crippen molar-refractivity contribution in [3.8, 4) is 0 Å². The quantitative estimate of drug-likeness (QED) is 0.133. The Kier molecular flexibility index (Phi) is 17.8. The Hall–Kier alpha value is -5.33. The van der Waals surface area contributed by atoms with Gasteiger partial charge in [0.25, 0.3) is 5.91 Å². The van der Waals surface area contributed by atoms with Gasteiger partial charge in [-0.2, -0.15) is 5.10 Å². The van der Waals surface area contributed by atoms with E-state index in [9.17, 15) is 19.2 Å². The van der Waals surface area contributed by atoms with Crippen LogP contribution in [0.1, 0.15) is 140 Å². The third-order valence-electron chi connectivity index (χ3n) is 14.0. The standard InChI is InChI=1S/C34H45N5O2.C22H34N2O3/c1-25-21-28(33(41)39-24-29-23-35-36(5)31(29)22-27-9-6-7-11-30(27)39)14-13-26(25)10-8-12-32(40)38-19-17-37(18-20-38)16-15-34(2,3)4;1-17-16-19(21(26)27)9-8-18(17)6-5-7-20(25)24-14-12-23(13-15-24)11-10-22(2,3)4/h6-7,9,11,13-14,21,23H,8,10,12,15-20,22,24H2,1-5H3;8-9,16H,5-7,10-15H2,1-4H3,(H,26,27). The molecule has 4 heterocycles. The molecule has 3 amide bonds. The Morgan fingerprint density at radius 2 is 1.12 bits per heavy atom. The summed E-state index contributed by atoms with van der Waals surface area (Å²) in [7, 11) is 1.96. The fraction of sp³-hybridized carbons (Fsp3) is 0.554. The maximum absolute atomic E-state index is 13.8. The summed E-state index contributed by atoms with van der Waals surface area (Å²) < 4.78 is 1.91. The molecule has 0 bridgehead atoms. The van der Waals surface area contributed by atoms with Crippen molar-refractivity contribution in [2.75, 3.05) is 70.3 Å². The maximum atomic E-state index is 13.8. The number of carboxylic acids is 1. The average Bonchev–Trinajstić information content (AvgIpc) is 3.54. The fourth-order valence-corrected chi connectivity index (χ4v) is 9.39. The molecule has 3 aliphatic heterocycles. The zero-order valence-electron chi connectivity index (χ0n) is 42.7. The lowest BCUT2D eigenvalue weighted by atomic mass is 9.92. The molecule has 0 spiro atoms. The zero-order chi connectivity index (χ0) is 49.2. The fourth-order valence-electron chi connectivity index (χ4n) is 9.39. The number of para-hydroxylation sites is 1. The summed E-state index contributed by atoms with van der Waals surface area (Å²) in [6, 6.07) is 19.4. The molecule has 0 atom stereocenters. The highest BCUT2D eigenvalue weighted by Crippen LogP contribution is 2.32. The van der Waals surface area contributed by atoms with Gasteiger partial charge in [-0.15, -0.1) is 0 Å². The van der Waals surface area contributed by atoms with Crippen molar-refractivity contribution in [1.29, 1.82) is 0 Å². The molecule has 12 heteroatoms. The Balaban J connectivity index is 0.000000245. The van der Waals surface area contributed by atoms with Crippen molar-refractivity contribution in [2.24, 2.45) is 17.9 Å². The van der Waals surface area contributed by atoms with E-state index in [1.807, 2.05) is 75.9 Å². The Morgan fingerprint density at radius 1 is 0.632 bits per heavy atom. The molecule has 0 aliphatic carbocycles. The minimum Gasteiger partial charge on any atom is -0.478 e. The highest BCUT2D eigenvalue weighted by atomic mass is 16.4. The van der Waals surface area contributed by atoms with E-state index in [0.29, 0.717) is 41.3 Å². The van der Waals surface area contributed by atoms with Crippen molar-refractivity contribution >= 4 is 29.4 Å². The van der Waals surface area contributed by atoms with Gasteiger partial charge in [0.1, 0.15) is 0 Å². The van der Waals surface area contributed by atoms with E-state index in [2.05, 4.69) is 75.5 Å². The Labute approximate surface area is 406 Å². The van der Waals surface area contributed by atoms with Crippen LogP contribution >= 0.6 is 0 Å². The first kappa shape index (κ1) is 52.0. The van der Waals surface area contributed by atoms with Crippen molar-refractivity contribution in [3.05, 3.63) is 117 Å². The topological polar surface area (TPSA) is 123 Å². The summed E-state index contributed by atoms with van der Waals surface area (Å²) in [6.07, 6.45) is 9.40. The molecule has 0 radical (unpaired) electrons. The number of fused-ring (bicyclic) bond motifs is 2. The largest absolute Gasteiger partial charge is 0.478 e. The first-order chi connectivity index (χ1) is 32.2. The van der Waals surface area contributed by atoms with Gasteiger partial charge in [0, 0.05) is 101 Å². The van der Waals surface area contributed by atoms with E-state index < -0.39 is 5.97 Å². The predicted molar refractivity (Wildman–Crippen MR) is 272 cm³/mol. The van der Waals surface area contributed by atoms with Gasteiger partial charge >= 0.3 is 5.97 Å². The van der Waals surface area contributed by atoms with Gasteiger partial charge in [0.05, 0.1) is 18.3 Å². The molecule has 1 aromatic heterocycles.